The number of nitrogens with two attached hydrogens (primary N) is 1. The number of hydrazone groups is 1. The molecule has 0 heterocycles. The minimum atomic E-state index is -4.56. The second-order valence-corrected chi connectivity index (χ2v) is 3.98. The van der Waals surface area contributed by atoms with E-state index in [0.717, 1.165) is 12.3 Å². The van der Waals surface area contributed by atoms with Crippen LogP contribution in [0.1, 0.15) is 11.1 Å². The van der Waals surface area contributed by atoms with Gasteiger partial charge in [-0.05, 0) is 28.1 Å². The first-order valence-electron chi connectivity index (χ1n) is 4.40. The SMILES string of the molecule is NC(=O)NN=Cc1cc(C(F)(F)F)cc(Br)c1O. The van der Waals surface area contributed by atoms with Gasteiger partial charge in [0.05, 0.1) is 16.3 Å². The molecule has 0 saturated heterocycles. The molecule has 18 heavy (non-hydrogen) atoms. The Morgan fingerprint density at radius 2 is 2.11 bits per heavy atom. The highest BCUT2D eigenvalue weighted by molar-refractivity contribution is 9.10. The number of phenols is 1. The summed E-state index contributed by atoms with van der Waals surface area (Å²) in [5, 5.41) is 12.8. The van der Waals surface area contributed by atoms with Crippen molar-refractivity contribution >= 4 is 28.2 Å². The van der Waals surface area contributed by atoms with Crippen molar-refractivity contribution in [1.82, 2.24) is 5.43 Å². The lowest BCUT2D eigenvalue weighted by Gasteiger charge is -2.09. The van der Waals surface area contributed by atoms with E-state index in [0.29, 0.717) is 6.07 Å². The maximum Gasteiger partial charge on any atom is 0.416 e. The summed E-state index contributed by atoms with van der Waals surface area (Å²) in [7, 11) is 0. The van der Waals surface area contributed by atoms with Crippen LogP contribution in [-0.2, 0) is 6.18 Å². The molecular formula is C9H7BrF3N3O2. The summed E-state index contributed by atoms with van der Waals surface area (Å²) in [6.45, 7) is 0. The average molecular weight is 326 g/mol. The smallest absolute Gasteiger partial charge is 0.416 e. The molecule has 1 rings (SSSR count). The van der Waals surface area contributed by atoms with Crippen molar-refractivity contribution in [3.05, 3.63) is 27.7 Å². The first kappa shape index (κ1) is 14.3. The van der Waals surface area contributed by atoms with E-state index in [2.05, 4.69) is 21.0 Å². The maximum atomic E-state index is 12.5. The number of hydrogen-bond donors (Lipinski definition) is 3. The average Bonchev–Trinajstić information content (AvgIpc) is 2.22. The first-order chi connectivity index (χ1) is 8.21. The number of alkyl halides is 3. The number of phenolic OH excluding ortho intramolecular Hbond substituents is 1. The van der Waals surface area contributed by atoms with Crippen LogP contribution in [0.2, 0.25) is 0 Å². The normalized spacial score (nSPS) is 11.8. The molecule has 0 atom stereocenters. The van der Waals surface area contributed by atoms with Crippen molar-refractivity contribution in [2.75, 3.05) is 0 Å². The molecule has 0 bridgehead atoms. The van der Waals surface area contributed by atoms with Gasteiger partial charge in [0.2, 0.25) is 0 Å². The molecule has 1 aromatic rings. The van der Waals surface area contributed by atoms with E-state index in [-0.39, 0.29) is 10.0 Å². The monoisotopic (exact) mass is 325 g/mol. The first-order valence-corrected chi connectivity index (χ1v) is 5.19. The van der Waals surface area contributed by atoms with E-state index in [9.17, 15) is 23.1 Å². The number of benzene rings is 1. The Kier molecular flexibility index (Phi) is 4.17. The van der Waals surface area contributed by atoms with Crippen molar-refractivity contribution in [3.8, 4) is 5.75 Å². The Morgan fingerprint density at radius 1 is 1.50 bits per heavy atom. The lowest BCUT2D eigenvalue weighted by Crippen LogP contribution is -2.24. The van der Waals surface area contributed by atoms with Gasteiger partial charge in [0.25, 0.3) is 0 Å². The third-order valence-corrected chi connectivity index (χ3v) is 2.40. The van der Waals surface area contributed by atoms with Gasteiger partial charge in [-0.3, -0.25) is 0 Å². The van der Waals surface area contributed by atoms with Gasteiger partial charge in [-0.25, -0.2) is 10.2 Å². The lowest BCUT2D eigenvalue weighted by molar-refractivity contribution is -0.137. The molecule has 0 spiro atoms. The summed E-state index contributed by atoms with van der Waals surface area (Å²) in [5.41, 5.74) is 5.33. The molecule has 0 radical (unpaired) electrons. The van der Waals surface area contributed by atoms with Crippen LogP contribution in [0.5, 0.6) is 5.75 Å². The molecule has 98 valence electrons. The lowest BCUT2D eigenvalue weighted by atomic mass is 10.1. The fourth-order valence-corrected chi connectivity index (χ4v) is 1.52. The number of halogens is 4. The molecule has 0 fully saturated rings. The number of primary amides is 1. The number of aromatic hydroxyl groups is 1. The molecule has 0 unspecified atom stereocenters. The van der Waals surface area contributed by atoms with E-state index >= 15 is 0 Å². The summed E-state index contributed by atoms with van der Waals surface area (Å²) in [6.07, 6.45) is -3.71. The minimum Gasteiger partial charge on any atom is -0.506 e. The summed E-state index contributed by atoms with van der Waals surface area (Å²) < 4.78 is 37.3. The van der Waals surface area contributed by atoms with Gasteiger partial charge in [0, 0.05) is 5.56 Å². The highest BCUT2D eigenvalue weighted by Gasteiger charge is 2.31. The second kappa shape index (κ2) is 5.25. The quantitative estimate of drug-likeness (QED) is 0.574. The molecule has 1 aromatic carbocycles. The number of nitrogens with zero attached hydrogens (tertiary/aromatic N) is 1. The molecular weight excluding hydrogens is 319 g/mol. The summed E-state index contributed by atoms with van der Waals surface area (Å²) in [5.74, 6) is -0.432. The highest BCUT2D eigenvalue weighted by Crippen LogP contribution is 2.36. The van der Waals surface area contributed by atoms with Gasteiger partial charge in [-0.15, -0.1) is 0 Å². The highest BCUT2D eigenvalue weighted by atomic mass is 79.9. The molecule has 0 aliphatic carbocycles. The minimum absolute atomic E-state index is 0.141. The molecule has 9 heteroatoms. The van der Waals surface area contributed by atoms with E-state index in [1.54, 1.807) is 5.43 Å². The molecule has 0 aliphatic rings. The Bertz CT molecular complexity index is 503. The Balaban J connectivity index is 3.15. The van der Waals surface area contributed by atoms with Crippen LogP contribution >= 0.6 is 15.9 Å². The van der Waals surface area contributed by atoms with Gasteiger partial charge >= 0.3 is 12.2 Å². The van der Waals surface area contributed by atoms with E-state index in [1.807, 2.05) is 0 Å². The van der Waals surface area contributed by atoms with E-state index in [1.165, 1.54) is 0 Å². The van der Waals surface area contributed by atoms with Crippen molar-refractivity contribution < 1.29 is 23.1 Å². The zero-order valence-electron chi connectivity index (χ0n) is 8.62. The number of nitrogens with one attached hydrogen (secondary N) is 1. The van der Waals surface area contributed by atoms with Crippen molar-refractivity contribution in [1.29, 1.82) is 0 Å². The zero-order chi connectivity index (χ0) is 13.9. The number of rotatable bonds is 2. The van der Waals surface area contributed by atoms with Gasteiger partial charge in [-0.2, -0.15) is 18.3 Å². The van der Waals surface area contributed by atoms with Crippen LogP contribution in [0.3, 0.4) is 0 Å². The number of carbonyl (C=O) groups is 1. The van der Waals surface area contributed by atoms with Crippen molar-refractivity contribution in [2.24, 2.45) is 10.8 Å². The molecule has 2 amide bonds. The van der Waals surface area contributed by atoms with Crippen LogP contribution in [0, 0.1) is 0 Å². The van der Waals surface area contributed by atoms with Crippen LogP contribution in [0.4, 0.5) is 18.0 Å². The van der Waals surface area contributed by atoms with Crippen LogP contribution < -0.4 is 11.2 Å². The standard InChI is InChI=1S/C9H7BrF3N3O2/c10-6-2-5(9(11,12)13)1-4(7(6)17)3-15-16-8(14)18/h1-3,17H,(H3,14,16,18). The fourth-order valence-electron chi connectivity index (χ4n) is 1.05. The number of hydrogen-bond acceptors (Lipinski definition) is 3. The third-order valence-electron chi connectivity index (χ3n) is 1.80. The molecule has 5 nitrogen and oxygen atoms in total. The summed E-state index contributed by atoms with van der Waals surface area (Å²) >= 11 is 2.79. The van der Waals surface area contributed by atoms with Crippen LogP contribution in [0.15, 0.2) is 21.7 Å². The third kappa shape index (κ3) is 3.62. The van der Waals surface area contributed by atoms with E-state index in [4.69, 9.17) is 5.73 Å². The molecule has 0 aromatic heterocycles. The fraction of sp³-hybridized carbons (Fsp3) is 0.111. The summed E-state index contributed by atoms with van der Waals surface area (Å²) in [4.78, 5) is 10.3. The predicted octanol–water partition coefficient (Wildman–Crippen LogP) is 2.18. The topological polar surface area (TPSA) is 87.7 Å². The van der Waals surface area contributed by atoms with Gasteiger partial charge in [0.1, 0.15) is 5.75 Å². The zero-order valence-corrected chi connectivity index (χ0v) is 10.2. The Morgan fingerprint density at radius 3 is 2.61 bits per heavy atom. The number of amides is 2. The molecule has 0 aliphatic heterocycles. The van der Waals surface area contributed by atoms with Gasteiger partial charge in [-0.1, -0.05) is 0 Å². The van der Waals surface area contributed by atoms with Gasteiger partial charge in [0.15, 0.2) is 0 Å². The number of carbonyl (C=O) groups excluding carboxylic acids is 1. The molecule has 0 saturated carbocycles. The van der Waals surface area contributed by atoms with Crippen LogP contribution in [0.25, 0.3) is 0 Å². The summed E-state index contributed by atoms with van der Waals surface area (Å²) in [6, 6.07) is 0.442. The Labute approximate surface area is 108 Å². The van der Waals surface area contributed by atoms with E-state index < -0.39 is 23.5 Å². The van der Waals surface area contributed by atoms with Crippen LogP contribution in [-0.4, -0.2) is 17.4 Å². The van der Waals surface area contributed by atoms with Crippen molar-refractivity contribution in [3.63, 3.8) is 0 Å². The number of urea groups is 1. The Hall–Kier alpha value is -1.77. The second-order valence-electron chi connectivity index (χ2n) is 3.13. The maximum absolute atomic E-state index is 12.5. The van der Waals surface area contributed by atoms with Gasteiger partial charge < -0.3 is 10.8 Å². The molecule has 4 N–H and O–H groups in total. The predicted molar refractivity (Wildman–Crippen MR) is 61.1 cm³/mol. The van der Waals surface area contributed by atoms with Crippen molar-refractivity contribution in [2.45, 2.75) is 6.18 Å². The largest absolute Gasteiger partial charge is 0.506 e.